The van der Waals surface area contributed by atoms with E-state index in [1.807, 2.05) is 6.07 Å². The van der Waals surface area contributed by atoms with Crippen LogP contribution in [0.3, 0.4) is 0 Å². The van der Waals surface area contributed by atoms with Crippen LogP contribution in [0.25, 0.3) is 0 Å². The lowest BCUT2D eigenvalue weighted by atomic mass is 9.87. The van der Waals surface area contributed by atoms with Crippen molar-refractivity contribution in [2.45, 2.75) is 40.0 Å². The summed E-state index contributed by atoms with van der Waals surface area (Å²) in [6.45, 7) is 6.74. The first kappa shape index (κ1) is 18.0. The molecule has 0 heterocycles. The molecule has 0 spiro atoms. The highest BCUT2D eigenvalue weighted by Gasteiger charge is 2.16. The highest BCUT2D eigenvalue weighted by atomic mass is 16.5. The normalized spacial score (nSPS) is 11.1. The third-order valence-corrected chi connectivity index (χ3v) is 3.12. The van der Waals surface area contributed by atoms with Crippen LogP contribution >= 0.6 is 0 Å². The maximum atomic E-state index is 12.1. The second-order valence-electron chi connectivity index (χ2n) is 6.52. The van der Waals surface area contributed by atoms with Gasteiger partial charge in [0.2, 0.25) is 0 Å². The van der Waals surface area contributed by atoms with Gasteiger partial charge < -0.3 is 15.2 Å². The Morgan fingerprint density at radius 2 is 1.95 bits per heavy atom. The van der Waals surface area contributed by atoms with Crippen molar-refractivity contribution in [3.63, 3.8) is 0 Å². The lowest BCUT2D eigenvalue weighted by molar-refractivity contribution is -0.137. The zero-order valence-electron chi connectivity index (χ0n) is 13.7. The molecule has 0 bridgehead atoms. The number of hydrogen-bond donors (Lipinski definition) is 2. The minimum absolute atomic E-state index is 0.0537. The monoisotopic (exact) mass is 307 g/mol. The molecule has 5 heteroatoms. The van der Waals surface area contributed by atoms with E-state index in [0.717, 1.165) is 17.7 Å². The van der Waals surface area contributed by atoms with Crippen LogP contribution in [0.1, 0.15) is 49.5 Å². The molecule has 122 valence electrons. The number of carboxylic acid groups (broad SMARTS) is 1. The predicted octanol–water partition coefficient (Wildman–Crippen LogP) is 2.88. The second kappa shape index (κ2) is 7.82. The maximum absolute atomic E-state index is 12.1. The van der Waals surface area contributed by atoms with E-state index in [-0.39, 0.29) is 17.7 Å². The van der Waals surface area contributed by atoms with E-state index >= 15 is 0 Å². The van der Waals surface area contributed by atoms with Gasteiger partial charge in [-0.1, -0.05) is 20.8 Å². The van der Waals surface area contributed by atoms with Gasteiger partial charge in [0, 0.05) is 18.5 Å². The number of benzene rings is 1. The van der Waals surface area contributed by atoms with Crippen molar-refractivity contribution in [3.8, 4) is 5.75 Å². The van der Waals surface area contributed by atoms with Crippen LogP contribution < -0.4 is 10.1 Å². The molecule has 0 aliphatic rings. The van der Waals surface area contributed by atoms with Crippen LogP contribution in [-0.4, -0.2) is 30.6 Å². The highest BCUT2D eigenvalue weighted by molar-refractivity contribution is 5.94. The van der Waals surface area contributed by atoms with Crippen molar-refractivity contribution in [1.29, 1.82) is 0 Å². The molecular formula is C17H25NO4. The van der Waals surface area contributed by atoms with Gasteiger partial charge in [0.05, 0.1) is 7.11 Å². The van der Waals surface area contributed by atoms with Gasteiger partial charge in [0.25, 0.3) is 5.91 Å². The summed E-state index contributed by atoms with van der Waals surface area (Å²) in [6, 6.07) is 5.36. The Bertz CT molecular complexity index is 532. The number of amides is 1. The Morgan fingerprint density at radius 3 is 2.50 bits per heavy atom. The second-order valence-corrected chi connectivity index (χ2v) is 6.52. The van der Waals surface area contributed by atoms with Gasteiger partial charge in [-0.05, 0) is 42.0 Å². The Labute approximate surface area is 131 Å². The zero-order valence-corrected chi connectivity index (χ0v) is 13.7. The summed E-state index contributed by atoms with van der Waals surface area (Å²) >= 11 is 0. The van der Waals surface area contributed by atoms with Crippen molar-refractivity contribution >= 4 is 11.9 Å². The Hall–Kier alpha value is -2.04. The van der Waals surface area contributed by atoms with E-state index in [2.05, 4.69) is 26.1 Å². The number of nitrogens with one attached hydrogen (secondary N) is 1. The number of carbonyl (C=O) groups excluding carboxylic acids is 1. The fraction of sp³-hybridized carbons (Fsp3) is 0.529. The van der Waals surface area contributed by atoms with E-state index in [1.54, 1.807) is 19.2 Å². The Balaban J connectivity index is 2.76. The largest absolute Gasteiger partial charge is 0.496 e. The van der Waals surface area contributed by atoms with Crippen LogP contribution in [0.2, 0.25) is 0 Å². The van der Waals surface area contributed by atoms with E-state index in [9.17, 15) is 9.59 Å². The van der Waals surface area contributed by atoms with Gasteiger partial charge in [0.15, 0.2) is 0 Å². The van der Waals surface area contributed by atoms with Gasteiger partial charge >= 0.3 is 5.97 Å². The van der Waals surface area contributed by atoms with Crippen molar-refractivity contribution in [3.05, 3.63) is 29.3 Å². The van der Waals surface area contributed by atoms with Gasteiger partial charge in [-0.25, -0.2) is 0 Å². The molecule has 1 aromatic rings. The first-order chi connectivity index (χ1) is 10.2. The summed E-state index contributed by atoms with van der Waals surface area (Å²) in [5, 5.41) is 11.3. The molecule has 0 unspecified atom stereocenters. The number of aliphatic carboxylic acids is 1. The molecule has 0 fully saturated rings. The van der Waals surface area contributed by atoms with Crippen LogP contribution in [0.5, 0.6) is 5.75 Å². The Kier molecular flexibility index (Phi) is 6.40. The van der Waals surface area contributed by atoms with E-state index < -0.39 is 5.97 Å². The van der Waals surface area contributed by atoms with Crippen molar-refractivity contribution in [1.82, 2.24) is 5.32 Å². The van der Waals surface area contributed by atoms with Crippen LogP contribution in [0.4, 0.5) is 0 Å². The topological polar surface area (TPSA) is 75.6 Å². The number of rotatable bonds is 7. The molecule has 22 heavy (non-hydrogen) atoms. The highest BCUT2D eigenvalue weighted by Crippen LogP contribution is 2.28. The number of carbonyl (C=O) groups is 2. The fourth-order valence-corrected chi connectivity index (χ4v) is 2.17. The first-order valence-electron chi connectivity index (χ1n) is 7.40. The molecule has 0 aromatic heterocycles. The molecule has 1 rings (SSSR count). The van der Waals surface area contributed by atoms with Crippen LogP contribution in [0, 0.1) is 5.41 Å². The summed E-state index contributed by atoms with van der Waals surface area (Å²) < 4.78 is 5.35. The smallest absolute Gasteiger partial charge is 0.303 e. The lowest BCUT2D eigenvalue weighted by Crippen LogP contribution is -2.25. The first-order valence-corrected chi connectivity index (χ1v) is 7.40. The summed E-state index contributed by atoms with van der Waals surface area (Å²) in [5.74, 6) is -0.272. The number of methoxy groups -OCH3 is 1. The lowest BCUT2D eigenvalue weighted by Gasteiger charge is -2.20. The number of carboxylic acids is 1. The van der Waals surface area contributed by atoms with Crippen LogP contribution in [0.15, 0.2) is 18.2 Å². The molecule has 0 atom stereocenters. The van der Waals surface area contributed by atoms with Gasteiger partial charge in [-0.15, -0.1) is 0 Å². The molecule has 0 saturated carbocycles. The minimum Gasteiger partial charge on any atom is -0.496 e. The quantitative estimate of drug-likeness (QED) is 0.760. The maximum Gasteiger partial charge on any atom is 0.303 e. The van der Waals surface area contributed by atoms with Crippen molar-refractivity contribution in [2.24, 2.45) is 5.41 Å². The third-order valence-electron chi connectivity index (χ3n) is 3.12. The molecular weight excluding hydrogens is 282 g/mol. The molecule has 0 aliphatic heterocycles. The molecule has 5 nitrogen and oxygen atoms in total. The van der Waals surface area contributed by atoms with Gasteiger partial charge in [-0.2, -0.15) is 0 Å². The number of ether oxygens (including phenoxy) is 1. The molecule has 0 radical (unpaired) electrons. The molecule has 1 amide bonds. The SMILES string of the molecule is COc1ccc(C(=O)NCCCC(=O)O)cc1CC(C)(C)C. The molecule has 0 saturated heterocycles. The molecule has 1 aromatic carbocycles. The average molecular weight is 307 g/mol. The van der Waals surface area contributed by atoms with Crippen molar-refractivity contribution in [2.75, 3.05) is 13.7 Å². The third kappa shape index (κ3) is 6.16. The van der Waals surface area contributed by atoms with Gasteiger partial charge in [-0.3, -0.25) is 9.59 Å². The summed E-state index contributed by atoms with van der Waals surface area (Å²) in [5.41, 5.74) is 1.65. The number of hydrogen-bond acceptors (Lipinski definition) is 3. The van der Waals surface area contributed by atoms with Crippen molar-refractivity contribution < 1.29 is 19.4 Å². The summed E-state index contributed by atoms with van der Waals surface area (Å²) in [7, 11) is 1.62. The summed E-state index contributed by atoms with van der Waals surface area (Å²) in [4.78, 5) is 22.5. The predicted molar refractivity (Wildman–Crippen MR) is 85.4 cm³/mol. The molecule has 0 aliphatic carbocycles. The molecule has 2 N–H and O–H groups in total. The van der Waals surface area contributed by atoms with Crippen LogP contribution in [-0.2, 0) is 11.2 Å². The standard InChI is InChI=1S/C17H25NO4/c1-17(2,3)11-13-10-12(7-8-14(13)22-4)16(21)18-9-5-6-15(19)20/h7-8,10H,5-6,9,11H2,1-4H3,(H,18,21)(H,19,20). The van der Waals surface area contributed by atoms with E-state index in [4.69, 9.17) is 9.84 Å². The zero-order chi connectivity index (χ0) is 16.8. The van der Waals surface area contributed by atoms with Gasteiger partial charge in [0.1, 0.15) is 5.75 Å². The average Bonchev–Trinajstić information content (AvgIpc) is 2.41. The fourth-order valence-electron chi connectivity index (χ4n) is 2.17. The summed E-state index contributed by atoms with van der Waals surface area (Å²) in [6.07, 6.45) is 1.28. The van der Waals surface area contributed by atoms with E-state index in [0.29, 0.717) is 18.5 Å². The van der Waals surface area contributed by atoms with E-state index in [1.165, 1.54) is 0 Å². The minimum atomic E-state index is -0.855. The Morgan fingerprint density at radius 1 is 1.27 bits per heavy atom.